The maximum absolute atomic E-state index is 6.64. The van der Waals surface area contributed by atoms with Crippen LogP contribution in [0.25, 0.3) is 0 Å². The van der Waals surface area contributed by atoms with E-state index in [1.807, 2.05) is 53.5 Å². The first kappa shape index (κ1) is 28.4. The summed E-state index contributed by atoms with van der Waals surface area (Å²) < 4.78 is 23.5. The smallest absolute Gasteiger partial charge is 0.213 e. The van der Waals surface area contributed by atoms with Gasteiger partial charge in [0.1, 0.15) is 11.5 Å². The highest BCUT2D eigenvalue weighted by atomic mass is 35.5. The van der Waals surface area contributed by atoms with Gasteiger partial charge >= 0.3 is 0 Å². The summed E-state index contributed by atoms with van der Waals surface area (Å²) in [7, 11) is 3.26. The Kier molecular flexibility index (Phi) is 9.28. The lowest BCUT2D eigenvalue weighted by Gasteiger charge is -2.38. The Balaban J connectivity index is 1.38. The third-order valence-electron chi connectivity index (χ3n) is 7.46. The van der Waals surface area contributed by atoms with E-state index in [4.69, 9.17) is 47.3 Å². The zero-order valence-corrected chi connectivity index (χ0v) is 24.8. The lowest BCUT2D eigenvalue weighted by molar-refractivity contribution is -0.0189. The lowest BCUT2D eigenvalue weighted by atomic mass is 9.95. The lowest BCUT2D eigenvalue weighted by Crippen LogP contribution is -2.33. The second-order valence-corrected chi connectivity index (χ2v) is 11.0. The summed E-state index contributed by atoms with van der Waals surface area (Å²) >= 11 is 13.1. The van der Waals surface area contributed by atoms with Crippen molar-refractivity contribution in [2.24, 2.45) is 5.10 Å². The number of hydrogen-bond donors (Lipinski definition) is 0. The maximum atomic E-state index is 6.64. The van der Waals surface area contributed by atoms with Crippen LogP contribution in [0, 0.1) is 0 Å². The average molecular weight is 584 g/mol. The molecule has 0 saturated carbocycles. The van der Waals surface area contributed by atoms with Gasteiger partial charge in [-0.3, -0.25) is 0 Å². The molecule has 0 amide bonds. The van der Waals surface area contributed by atoms with Gasteiger partial charge < -0.3 is 18.9 Å². The van der Waals surface area contributed by atoms with Crippen molar-refractivity contribution in [1.29, 1.82) is 0 Å². The van der Waals surface area contributed by atoms with Crippen LogP contribution < -0.4 is 18.9 Å². The normalized spacial score (nSPS) is 17.5. The molecule has 0 radical (unpaired) electrons. The van der Waals surface area contributed by atoms with E-state index < -0.39 is 6.23 Å². The van der Waals surface area contributed by atoms with Crippen LogP contribution in [-0.2, 0) is 0 Å². The summed E-state index contributed by atoms with van der Waals surface area (Å²) in [5.74, 6) is 2.82. The minimum atomic E-state index is -0.457. The van der Waals surface area contributed by atoms with Crippen LogP contribution in [0.4, 0.5) is 0 Å². The number of fused-ring (bicyclic) bond motifs is 3. The van der Waals surface area contributed by atoms with Gasteiger partial charge in [0.25, 0.3) is 0 Å². The first-order valence-corrected chi connectivity index (χ1v) is 14.7. The Bertz CT molecular complexity index is 1350. The summed E-state index contributed by atoms with van der Waals surface area (Å²) in [4.78, 5) is 0. The number of ether oxygens (including phenoxy) is 4. The number of hydrazone groups is 1. The molecule has 3 aromatic rings. The Morgan fingerprint density at radius 3 is 2.40 bits per heavy atom. The summed E-state index contributed by atoms with van der Waals surface area (Å²) in [5, 5.41) is 8.12. The molecule has 0 fully saturated rings. The van der Waals surface area contributed by atoms with Crippen molar-refractivity contribution < 1.29 is 18.9 Å². The molecule has 0 aliphatic carbocycles. The van der Waals surface area contributed by atoms with Crippen LogP contribution in [-0.4, -0.2) is 31.5 Å². The molecule has 8 heteroatoms. The van der Waals surface area contributed by atoms with E-state index in [0.717, 1.165) is 41.2 Å². The molecule has 212 valence electrons. The van der Waals surface area contributed by atoms with Crippen molar-refractivity contribution >= 4 is 28.9 Å². The molecule has 0 unspecified atom stereocenters. The van der Waals surface area contributed by atoms with Crippen molar-refractivity contribution in [2.45, 2.75) is 64.1 Å². The van der Waals surface area contributed by atoms with E-state index in [0.29, 0.717) is 33.7 Å². The highest BCUT2D eigenvalue weighted by molar-refractivity contribution is 6.35. The highest BCUT2D eigenvalue weighted by Gasteiger charge is 2.42. The molecular formula is C32H36Cl2N2O4. The predicted octanol–water partition coefficient (Wildman–Crippen LogP) is 8.99. The largest absolute Gasteiger partial charge is 0.494 e. The van der Waals surface area contributed by atoms with Crippen LogP contribution in [0.3, 0.4) is 0 Å². The van der Waals surface area contributed by atoms with Crippen molar-refractivity contribution in [3.8, 4) is 23.0 Å². The molecule has 0 N–H and O–H groups in total. The minimum absolute atomic E-state index is 0.0864. The zero-order chi connectivity index (χ0) is 28.1. The van der Waals surface area contributed by atoms with Crippen LogP contribution in [0.2, 0.25) is 10.0 Å². The van der Waals surface area contributed by atoms with E-state index in [-0.39, 0.29) is 6.04 Å². The molecular weight excluding hydrogens is 547 g/mol. The highest BCUT2D eigenvalue weighted by Crippen LogP contribution is 2.51. The third-order valence-corrected chi connectivity index (χ3v) is 7.96. The van der Waals surface area contributed by atoms with Gasteiger partial charge in [0.2, 0.25) is 6.23 Å². The van der Waals surface area contributed by atoms with Crippen LogP contribution in [0.15, 0.2) is 59.7 Å². The van der Waals surface area contributed by atoms with E-state index in [1.54, 1.807) is 20.3 Å². The second kappa shape index (κ2) is 13.0. The van der Waals surface area contributed by atoms with E-state index in [9.17, 15) is 0 Å². The summed E-state index contributed by atoms with van der Waals surface area (Å²) in [6.45, 7) is 2.96. The second-order valence-electron chi connectivity index (χ2n) is 10.2. The van der Waals surface area contributed by atoms with Gasteiger partial charge in [-0.15, -0.1) is 0 Å². The van der Waals surface area contributed by atoms with Gasteiger partial charge in [-0.05, 0) is 61.0 Å². The topological polar surface area (TPSA) is 52.5 Å². The Morgan fingerprint density at radius 2 is 1.65 bits per heavy atom. The predicted molar refractivity (Wildman–Crippen MR) is 160 cm³/mol. The van der Waals surface area contributed by atoms with Crippen molar-refractivity contribution in [2.75, 3.05) is 20.8 Å². The molecule has 2 atom stereocenters. The molecule has 2 heterocycles. The number of hydrogen-bond acceptors (Lipinski definition) is 6. The van der Waals surface area contributed by atoms with Gasteiger partial charge in [0.05, 0.1) is 37.6 Å². The number of nitrogens with zero attached hydrogens (tertiary/aromatic N) is 2. The number of benzene rings is 3. The summed E-state index contributed by atoms with van der Waals surface area (Å²) in [5.41, 5.74) is 3.76. The quantitative estimate of drug-likeness (QED) is 0.199. The Labute approximate surface area is 246 Å². The molecule has 6 nitrogen and oxygen atoms in total. The van der Waals surface area contributed by atoms with Gasteiger partial charge in [-0.2, -0.15) is 5.10 Å². The molecule has 2 aliphatic rings. The van der Waals surface area contributed by atoms with Crippen LogP contribution in [0.1, 0.15) is 80.8 Å². The fourth-order valence-corrected chi connectivity index (χ4v) is 5.88. The van der Waals surface area contributed by atoms with Gasteiger partial charge in [-0.1, -0.05) is 62.2 Å². The SMILES string of the molecule is CCCCCCCCOc1ccc([C@@H]2Oc3c(Cl)cc(Cl)cc3[C@H]3CC(c4ccc(OC)c(OC)c4)=NN32)cc1. The molecule has 2 aliphatic heterocycles. The molecule has 0 aromatic heterocycles. The van der Waals surface area contributed by atoms with Crippen molar-refractivity contribution in [1.82, 2.24) is 5.01 Å². The number of unbranched alkanes of at least 4 members (excludes halogenated alkanes) is 5. The molecule has 0 bridgehead atoms. The number of methoxy groups -OCH3 is 2. The van der Waals surface area contributed by atoms with Gasteiger partial charge in [0.15, 0.2) is 11.5 Å². The standard InChI is InChI=1S/C32H36Cl2N2O4/c1-4-5-6-7-8-9-16-39-24-13-10-21(11-14-24)32-36-28(25-18-23(33)19-26(34)31(25)40-32)20-27(35-36)22-12-15-29(37-2)30(17-22)38-3/h10-15,17-19,28,32H,4-9,16,20H2,1-3H3/t28-,32+/m1/s1. The van der Waals surface area contributed by atoms with E-state index in [2.05, 4.69) is 6.92 Å². The third kappa shape index (κ3) is 6.13. The fourth-order valence-electron chi connectivity index (χ4n) is 5.33. The monoisotopic (exact) mass is 582 g/mol. The maximum Gasteiger partial charge on any atom is 0.213 e. The number of rotatable bonds is 12. The Morgan fingerprint density at radius 1 is 0.900 bits per heavy atom. The first-order chi connectivity index (χ1) is 19.5. The Hall–Kier alpha value is -3.09. The fraction of sp³-hybridized carbons (Fsp3) is 0.406. The molecule has 40 heavy (non-hydrogen) atoms. The summed E-state index contributed by atoms with van der Waals surface area (Å²) in [6.07, 6.45) is 7.63. The van der Waals surface area contributed by atoms with Crippen molar-refractivity contribution in [3.63, 3.8) is 0 Å². The zero-order valence-electron chi connectivity index (χ0n) is 23.3. The molecule has 0 spiro atoms. The van der Waals surface area contributed by atoms with Crippen LogP contribution >= 0.6 is 23.2 Å². The van der Waals surface area contributed by atoms with E-state index in [1.165, 1.54) is 32.1 Å². The van der Waals surface area contributed by atoms with E-state index >= 15 is 0 Å². The van der Waals surface area contributed by atoms with Gasteiger partial charge in [0, 0.05) is 28.1 Å². The minimum Gasteiger partial charge on any atom is -0.494 e. The van der Waals surface area contributed by atoms with Crippen LogP contribution in [0.5, 0.6) is 23.0 Å². The summed E-state index contributed by atoms with van der Waals surface area (Å²) in [6, 6.07) is 17.5. The molecule has 3 aromatic carbocycles. The molecule has 5 rings (SSSR count). The van der Waals surface area contributed by atoms with Gasteiger partial charge in [-0.25, -0.2) is 5.01 Å². The first-order valence-electron chi connectivity index (χ1n) is 14.0. The number of halogens is 2. The average Bonchev–Trinajstić information content (AvgIpc) is 3.42. The molecule has 0 saturated heterocycles. The van der Waals surface area contributed by atoms with Crippen molar-refractivity contribution in [3.05, 3.63) is 81.3 Å².